The Kier molecular flexibility index (Phi) is 5.59. The standard InChI is InChI=1S/C15H26N4O/c1-4-6-13-14(16-5-2)17-11-18-15(13)19(9-10-20-3)12-7-8-12/h11-12H,4-10H2,1-3H3,(H,16,17,18). The molecule has 0 atom stereocenters. The second-order valence-corrected chi connectivity index (χ2v) is 5.22. The van der Waals surface area contributed by atoms with Crippen LogP contribution in [0, 0.1) is 0 Å². The molecule has 1 N–H and O–H groups in total. The summed E-state index contributed by atoms with van der Waals surface area (Å²) in [5.74, 6) is 2.08. The lowest BCUT2D eigenvalue weighted by atomic mass is 10.1. The van der Waals surface area contributed by atoms with E-state index in [1.54, 1.807) is 13.4 Å². The number of methoxy groups -OCH3 is 1. The largest absolute Gasteiger partial charge is 0.383 e. The van der Waals surface area contributed by atoms with Gasteiger partial charge in [-0.1, -0.05) is 13.3 Å². The van der Waals surface area contributed by atoms with E-state index < -0.39 is 0 Å². The molecule has 0 amide bonds. The molecule has 2 rings (SSSR count). The summed E-state index contributed by atoms with van der Waals surface area (Å²) in [5, 5.41) is 3.36. The van der Waals surface area contributed by atoms with Crippen molar-refractivity contribution in [2.45, 2.75) is 45.6 Å². The minimum Gasteiger partial charge on any atom is -0.383 e. The van der Waals surface area contributed by atoms with E-state index in [0.29, 0.717) is 6.04 Å². The second-order valence-electron chi connectivity index (χ2n) is 5.22. The van der Waals surface area contributed by atoms with Crippen molar-refractivity contribution in [1.82, 2.24) is 9.97 Å². The molecule has 0 radical (unpaired) electrons. The molecule has 5 heteroatoms. The van der Waals surface area contributed by atoms with Crippen molar-refractivity contribution in [2.24, 2.45) is 0 Å². The number of nitrogens with zero attached hydrogens (tertiary/aromatic N) is 3. The Hall–Kier alpha value is -1.36. The first-order chi connectivity index (χ1) is 9.81. The van der Waals surface area contributed by atoms with Gasteiger partial charge in [0.1, 0.15) is 18.0 Å². The molecular weight excluding hydrogens is 252 g/mol. The van der Waals surface area contributed by atoms with Crippen molar-refractivity contribution in [3.05, 3.63) is 11.9 Å². The Morgan fingerprint density at radius 1 is 1.35 bits per heavy atom. The minimum absolute atomic E-state index is 0.630. The van der Waals surface area contributed by atoms with Crippen LogP contribution >= 0.6 is 0 Å². The zero-order valence-electron chi connectivity index (χ0n) is 12.9. The molecule has 1 aliphatic rings. The van der Waals surface area contributed by atoms with Crippen molar-refractivity contribution in [3.8, 4) is 0 Å². The lowest BCUT2D eigenvalue weighted by Gasteiger charge is -2.26. The van der Waals surface area contributed by atoms with E-state index in [-0.39, 0.29) is 0 Å². The van der Waals surface area contributed by atoms with Gasteiger partial charge in [-0.15, -0.1) is 0 Å². The van der Waals surface area contributed by atoms with Crippen molar-refractivity contribution in [2.75, 3.05) is 37.0 Å². The number of rotatable bonds is 9. The first-order valence-corrected chi connectivity index (χ1v) is 7.65. The van der Waals surface area contributed by atoms with E-state index in [1.165, 1.54) is 18.4 Å². The normalized spacial score (nSPS) is 14.3. The van der Waals surface area contributed by atoms with Crippen LogP contribution in [0.25, 0.3) is 0 Å². The molecule has 0 spiro atoms. The molecule has 0 bridgehead atoms. The second kappa shape index (κ2) is 7.43. The van der Waals surface area contributed by atoms with Crippen LogP contribution in [-0.4, -0.2) is 42.8 Å². The van der Waals surface area contributed by atoms with Gasteiger partial charge in [-0.05, 0) is 26.2 Å². The predicted molar refractivity (Wildman–Crippen MR) is 82.4 cm³/mol. The predicted octanol–water partition coefficient (Wildman–Crippen LogP) is 2.48. The highest BCUT2D eigenvalue weighted by Gasteiger charge is 2.31. The number of anilines is 2. The van der Waals surface area contributed by atoms with Crippen LogP contribution in [0.3, 0.4) is 0 Å². The fourth-order valence-corrected chi connectivity index (χ4v) is 2.49. The van der Waals surface area contributed by atoms with Gasteiger partial charge in [-0.3, -0.25) is 0 Å². The van der Waals surface area contributed by atoms with E-state index in [0.717, 1.165) is 44.2 Å². The number of hydrogen-bond acceptors (Lipinski definition) is 5. The molecule has 1 saturated carbocycles. The SMILES string of the molecule is CCCc1c(NCC)ncnc1N(CCOC)C1CC1. The molecule has 1 heterocycles. The molecule has 1 aromatic heterocycles. The molecule has 1 aromatic rings. The Bertz CT molecular complexity index is 420. The van der Waals surface area contributed by atoms with Crippen molar-refractivity contribution in [1.29, 1.82) is 0 Å². The van der Waals surface area contributed by atoms with Gasteiger partial charge in [0.2, 0.25) is 0 Å². The summed E-state index contributed by atoms with van der Waals surface area (Å²) in [5.41, 5.74) is 1.25. The van der Waals surface area contributed by atoms with Crippen LogP contribution in [0.15, 0.2) is 6.33 Å². The van der Waals surface area contributed by atoms with Gasteiger partial charge in [-0.2, -0.15) is 0 Å². The van der Waals surface area contributed by atoms with Crippen molar-refractivity contribution < 1.29 is 4.74 Å². The van der Waals surface area contributed by atoms with Gasteiger partial charge in [-0.25, -0.2) is 9.97 Å². The average molecular weight is 278 g/mol. The smallest absolute Gasteiger partial charge is 0.137 e. The van der Waals surface area contributed by atoms with Gasteiger partial charge in [0.05, 0.1) is 6.61 Å². The maximum Gasteiger partial charge on any atom is 0.137 e. The lowest BCUT2D eigenvalue weighted by molar-refractivity contribution is 0.204. The van der Waals surface area contributed by atoms with Gasteiger partial charge in [0.25, 0.3) is 0 Å². The average Bonchev–Trinajstić information content (AvgIpc) is 3.27. The third-order valence-corrected chi connectivity index (χ3v) is 3.56. The molecule has 0 unspecified atom stereocenters. The van der Waals surface area contributed by atoms with Crippen molar-refractivity contribution in [3.63, 3.8) is 0 Å². The Morgan fingerprint density at radius 2 is 2.15 bits per heavy atom. The first-order valence-electron chi connectivity index (χ1n) is 7.65. The summed E-state index contributed by atoms with van der Waals surface area (Å²) in [4.78, 5) is 11.4. The van der Waals surface area contributed by atoms with Gasteiger partial charge in [0, 0.05) is 31.8 Å². The van der Waals surface area contributed by atoms with E-state index in [2.05, 4.69) is 34.0 Å². The third kappa shape index (κ3) is 3.60. The van der Waals surface area contributed by atoms with E-state index in [4.69, 9.17) is 4.74 Å². The third-order valence-electron chi connectivity index (χ3n) is 3.56. The summed E-state index contributed by atoms with van der Waals surface area (Å²) in [6.07, 6.45) is 6.30. The highest BCUT2D eigenvalue weighted by molar-refractivity contribution is 5.59. The first kappa shape index (κ1) is 15.0. The Balaban J connectivity index is 2.28. The molecule has 0 aromatic carbocycles. The fraction of sp³-hybridized carbons (Fsp3) is 0.733. The molecular formula is C15H26N4O. The highest BCUT2D eigenvalue weighted by atomic mass is 16.5. The highest BCUT2D eigenvalue weighted by Crippen LogP contribution is 2.34. The van der Waals surface area contributed by atoms with Crippen LogP contribution < -0.4 is 10.2 Å². The molecule has 112 valence electrons. The van der Waals surface area contributed by atoms with Gasteiger partial charge in [0.15, 0.2) is 0 Å². The summed E-state index contributed by atoms with van der Waals surface area (Å²) >= 11 is 0. The monoisotopic (exact) mass is 278 g/mol. The van der Waals surface area contributed by atoms with Gasteiger partial charge < -0.3 is 15.0 Å². The molecule has 1 aliphatic carbocycles. The van der Waals surface area contributed by atoms with E-state index in [1.807, 2.05) is 0 Å². The summed E-state index contributed by atoms with van der Waals surface area (Å²) in [6.45, 7) is 6.82. The van der Waals surface area contributed by atoms with E-state index >= 15 is 0 Å². The van der Waals surface area contributed by atoms with Crippen LogP contribution in [-0.2, 0) is 11.2 Å². The summed E-state index contributed by atoms with van der Waals surface area (Å²) < 4.78 is 5.25. The number of nitrogens with one attached hydrogen (secondary N) is 1. The quantitative estimate of drug-likeness (QED) is 0.752. The lowest BCUT2D eigenvalue weighted by Crippen LogP contribution is -2.31. The topological polar surface area (TPSA) is 50.3 Å². The van der Waals surface area contributed by atoms with Crippen molar-refractivity contribution >= 4 is 11.6 Å². The van der Waals surface area contributed by atoms with Crippen LogP contribution in [0.2, 0.25) is 0 Å². The van der Waals surface area contributed by atoms with Crippen LogP contribution in [0.5, 0.6) is 0 Å². The molecule has 1 fully saturated rings. The fourth-order valence-electron chi connectivity index (χ4n) is 2.49. The van der Waals surface area contributed by atoms with Crippen LogP contribution in [0.1, 0.15) is 38.7 Å². The number of ether oxygens (including phenoxy) is 1. The van der Waals surface area contributed by atoms with Gasteiger partial charge >= 0.3 is 0 Å². The maximum atomic E-state index is 5.25. The molecule has 0 aliphatic heterocycles. The van der Waals surface area contributed by atoms with E-state index in [9.17, 15) is 0 Å². The number of aromatic nitrogens is 2. The molecule has 5 nitrogen and oxygen atoms in total. The zero-order valence-corrected chi connectivity index (χ0v) is 12.9. The minimum atomic E-state index is 0.630. The summed E-state index contributed by atoms with van der Waals surface area (Å²) in [6, 6.07) is 0.630. The maximum absolute atomic E-state index is 5.25. The number of hydrogen-bond donors (Lipinski definition) is 1. The Morgan fingerprint density at radius 3 is 2.75 bits per heavy atom. The molecule has 0 saturated heterocycles. The summed E-state index contributed by atoms with van der Waals surface area (Å²) in [7, 11) is 1.75. The zero-order chi connectivity index (χ0) is 14.4. The Labute approximate surface area is 121 Å². The van der Waals surface area contributed by atoms with Crippen LogP contribution in [0.4, 0.5) is 11.6 Å². The molecule has 20 heavy (non-hydrogen) atoms.